The fourth-order valence-corrected chi connectivity index (χ4v) is 2.34. The molecule has 0 amide bonds. The van der Waals surface area contributed by atoms with Crippen LogP contribution in [-0.2, 0) is 24.4 Å². The van der Waals surface area contributed by atoms with Crippen molar-refractivity contribution in [3.63, 3.8) is 0 Å². The zero-order chi connectivity index (χ0) is 15.4. The highest BCUT2D eigenvalue weighted by atomic mass is 35.5. The Kier molecular flexibility index (Phi) is 5.02. The van der Waals surface area contributed by atoms with Crippen LogP contribution in [0.5, 0.6) is 5.75 Å². The summed E-state index contributed by atoms with van der Waals surface area (Å²) >= 11 is 6.24. The number of ketones is 1. The van der Waals surface area contributed by atoms with Gasteiger partial charge in [0.1, 0.15) is 18.1 Å². The number of rotatable bonds is 6. The van der Waals surface area contributed by atoms with Gasteiger partial charge in [-0.2, -0.15) is 5.10 Å². The number of nitrogens with zero attached hydrogens (tertiary/aromatic N) is 2. The van der Waals surface area contributed by atoms with Crippen LogP contribution in [0, 0.1) is 6.92 Å². The number of aryl methyl sites for hydroxylation is 2. The summed E-state index contributed by atoms with van der Waals surface area (Å²) in [7, 11) is 0. The van der Waals surface area contributed by atoms with Crippen LogP contribution < -0.4 is 4.74 Å². The van der Waals surface area contributed by atoms with Crippen LogP contribution >= 0.6 is 11.6 Å². The second-order valence-electron chi connectivity index (χ2n) is 4.97. The minimum atomic E-state index is 0.151. The number of aromatic nitrogens is 2. The largest absolute Gasteiger partial charge is 0.487 e. The molecular formula is C16H19ClN2O2. The molecule has 0 bridgehead atoms. The van der Waals surface area contributed by atoms with Crippen LogP contribution in [-0.4, -0.2) is 15.6 Å². The Morgan fingerprint density at radius 2 is 2.00 bits per heavy atom. The van der Waals surface area contributed by atoms with Gasteiger partial charge in [0.05, 0.1) is 16.4 Å². The van der Waals surface area contributed by atoms with Gasteiger partial charge in [0.25, 0.3) is 0 Å². The first kappa shape index (κ1) is 15.6. The molecule has 0 fully saturated rings. The van der Waals surface area contributed by atoms with Crippen molar-refractivity contribution in [2.24, 2.45) is 0 Å². The minimum absolute atomic E-state index is 0.151. The van der Waals surface area contributed by atoms with E-state index in [1.54, 1.807) is 6.92 Å². The number of benzene rings is 1. The number of halogens is 1. The smallest absolute Gasteiger partial charge is 0.134 e. The number of carbonyl (C=O) groups is 1. The van der Waals surface area contributed by atoms with Crippen molar-refractivity contribution in [3.05, 3.63) is 46.2 Å². The Labute approximate surface area is 129 Å². The van der Waals surface area contributed by atoms with Gasteiger partial charge in [-0.25, -0.2) is 0 Å². The van der Waals surface area contributed by atoms with E-state index in [1.807, 2.05) is 42.8 Å². The Morgan fingerprint density at radius 1 is 1.33 bits per heavy atom. The summed E-state index contributed by atoms with van der Waals surface area (Å²) in [6, 6.07) is 7.54. The molecular weight excluding hydrogens is 288 g/mol. The standard InChI is InChI=1S/C16H19ClN2O2/c1-4-19-15(16(17)12(3)18-19)10-21-14-7-5-13(6-8-14)9-11(2)20/h5-8H,4,9-10H2,1-3H3. The van der Waals surface area contributed by atoms with Gasteiger partial charge in [0.2, 0.25) is 0 Å². The van der Waals surface area contributed by atoms with Gasteiger partial charge in [0, 0.05) is 13.0 Å². The molecule has 21 heavy (non-hydrogen) atoms. The molecule has 0 atom stereocenters. The van der Waals surface area contributed by atoms with Gasteiger partial charge in [-0.15, -0.1) is 0 Å². The third-order valence-electron chi connectivity index (χ3n) is 3.20. The van der Waals surface area contributed by atoms with Crippen LogP contribution in [0.3, 0.4) is 0 Å². The number of hydrogen-bond acceptors (Lipinski definition) is 3. The molecule has 112 valence electrons. The van der Waals surface area contributed by atoms with Crippen LogP contribution in [0.2, 0.25) is 5.02 Å². The van der Waals surface area contributed by atoms with Crippen molar-refractivity contribution in [2.45, 2.75) is 40.3 Å². The normalized spacial score (nSPS) is 10.7. The molecule has 2 rings (SSSR count). The average Bonchev–Trinajstić information content (AvgIpc) is 2.73. The van der Waals surface area contributed by atoms with E-state index < -0.39 is 0 Å². The van der Waals surface area contributed by atoms with Gasteiger partial charge < -0.3 is 4.74 Å². The van der Waals surface area contributed by atoms with E-state index in [-0.39, 0.29) is 5.78 Å². The molecule has 0 saturated carbocycles. The molecule has 0 spiro atoms. The molecule has 0 aliphatic carbocycles. The van der Waals surface area contributed by atoms with Crippen molar-refractivity contribution < 1.29 is 9.53 Å². The summed E-state index contributed by atoms with van der Waals surface area (Å²) in [4.78, 5) is 11.1. The maximum atomic E-state index is 11.1. The highest BCUT2D eigenvalue weighted by Gasteiger charge is 2.13. The molecule has 0 aliphatic rings. The van der Waals surface area contributed by atoms with Crippen LogP contribution in [0.4, 0.5) is 0 Å². The minimum Gasteiger partial charge on any atom is -0.487 e. The van der Waals surface area contributed by atoms with E-state index in [2.05, 4.69) is 5.10 Å². The van der Waals surface area contributed by atoms with Crippen LogP contribution in [0.25, 0.3) is 0 Å². The van der Waals surface area contributed by atoms with Gasteiger partial charge in [-0.3, -0.25) is 9.48 Å². The molecule has 1 heterocycles. The average molecular weight is 307 g/mol. The molecule has 0 unspecified atom stereocenters. The zero-order valence-electron chi connectivity index (χ0n) is 12.5. The van der Waals surface area contributed by atoms with E-state index in [0.717, 1.165) is 29.2 Å². The number of hydrogen-bond donors (Lipinski definition) is 0. The molecule has 1 aromatic heterocycles. The number of Topliss-reactive ketones (excluding diaryl/α,β-unsaturated/α-hetero) is 1. The van der Waals surface area contributed by atoms with Crippen molar-refractivity contribution >= 4 is 17.4 Å². The van der Waals surface area contributed by atoms with E-state index in [1.165, 1.54) is 0 Å². The molecule has 1 aromatic carbocycles. The highest BCUT2D eigenvalue weighted by Crippen LogP contribution is 2.22. The fourth-order valence-electron chi connectivity index (χ4n) is 2.15. The highest BCUT2D eigenvalue weighted by molar-refractivity contribution is 6.31. The van der Waals surface area contributed by atoms with Crippen molar-refractivity contribution in [1.82, 2.24) is 9.78 Å². The summed E-state index contributed by atoms with van der Waals surface area (Å²) < 4.78 is 7.61. The Balaban J connectivity index is 2.05. The lowest BCUT2D eigenvalue weighted by Crippen LogP contribution is -2.06. The third-order valence-corrected chi connectivity index (χ3v) is 3.70. The summed E-state index contributed by atoms with van der Waals surface area (Å²) in [6.45, 7) is 6.61. The molecule has 0 aliphatic heterocycles. The molecule has 0 N–H and O–H groups in total. The summed E-state index contributed by atoms with van der Waals surface area (Å²) in [6.07, 6.45) is 0.452. The first-order valence-electron chi connectivity index (χ1n) is 6.94. The predicted molar refractivity (Wildman–Crippen MR) is 82.8 cm³/mol. The Bertz CT molecular complexity index is 632. The van der Waals surface area contributed by atoms with Gasteiger partial charge >= 0.3 is 0 Å². The van der Waals surface area contributed by atoms with E-state index in [0.29, 0.717) is 18.1 Å². The third kappa shape index (κ3) is 3.85. The van der Waals surface area contributed by atoms with E-state index >= 15 is 0 Å². The predicted octanol–water partition coefficient (Wildman–Crippen LogP) is 3.58. The quantitative estimate of drug-likeness (QED) is 0.819. The summed E-state index contributed by atoms with van der Waals surface area (Å²) in [5.74, 6) is 0.901. The lowest BCUT2D eigenvalue weighted by Gasteiger charge is -2.09. The first-order chi connectivity index (χ1) is 10.0. The van der Waals surface area contributed by atoms with Crippen LogP contribution in [0.15, 0.2) is 24.3 Å². The van der Waals surface area contributed by atoms with Crippen molar-refractivity contribution in [2.75, 3.05) is 0 Å². The topological polar surface area (TPSA) is 44.1 Å². The van der Waals surface area contributed by atoms with Crippen molar-refractivity contribution in [1.29, 1.82) is 0 Å². The van der Waals surface area contributed by atoms with Gasteiger partial charge in [-0.05, 0) is 38.5 Å². The number of carbonyl (C=O) groups excluding carboxylic acids is 1. The van der Waals surface area contributed by atoms with Gasteiger partial charge in [-0.1, -0.05) is 23.7 Å². The second kappa shape index (κ2) is 6.76. The van der Waals surface area contributed by atoms with Crippen molar-refractivity contribution in [3.8, 4) is 5.75 Å². The number of ether oxygens (including phenoxy) is 1. The summed E-state index contributed by atoms with van der Waals surface area (Å²) in [5, 5.41) is 5.01. The molecule has 0 saturated heterocycles. The Hall–Kier alpha value is -1.81. The molecule has 5 heteroatoms. The Morgan fingerprint density at radius 3 is 2.57 bits per heavy atom. The fraction of sp³-hybridized carbons (Fsp3) is 0.375. The zero-order valence-corrected chi connectivity index (χ0v) is 13.3. The SMILES string of the molecule is CCn1nc(C)c(Cl)c1COc1ccc(CC(C)=O)cc1. The molecule has 0 radical (unpaired) electrons. The van der Waals surface area contributed by atoms with E-state index in [9.17, 15) is 4.79 Å². The molecule has 4 nitrogen and oxygen atoms in total. The lowest BCUT2D eigenvalue weighted by molar-refractivity contribution is -0.116. The van der Waals surface area contributed by atoms with E-state index in [4.69, 9.17) is 16.3 Å². The van der Waals surface area contributed by atoms with Crippen LogP contribution in [0.1, 0.15) is 30.8 Å². The summed E-state index contributed by atoms with van der Waals surface area (Å²) in [5.41, 5.74) is 2.68. The monoisotopic (exact) mass is 306 g/mol. The second-order valence-corrected chi connectivity index (χ2v) is 5.35. The lowest BCUT2D eigenvalue weighted by atomic mass is 10.1. The first-order valence-corrected chi connectivity index (χ1v) is 7.32. The maximum absolute atomic E-state index is 11.1. The molecule has 2 aromatic rings. The maximum Gasteiger partial charge on any atom is 0.134 e. The van der Waals surface area contributed by atoms with Gasteiger partial charge in [0.15, 0.2) is 0 Å².